The number of methoxy groups -OCH3 is 1. The molecule has 4 heteroatoms. The van der Waals surface area contributed by atoms with Crippen molar-refractivity contribution in [1.82, 2.24) is 0 Å². The summed E-state index contributed by atoms with van der Waals surface area (Å²) in [6, 6.07) is 14.0. The molecule has 0 atom stereocenters. The summed E-state index contributed by atoms with van der Waals surface area (Å²) in [5.74, 6) is -0.132. The Hall–Kier alpha value is -2.36. The van der Waals surface area contributed by atoms with Crippen LogP contribution in [0.4, 0.5) is 5.69 Å². The van der Waals surface area contributed by atoms with Crippen LogP contribution in [0.25, 0.3) is 10.8 Å². The lowest BCUT2D eigenvalue weighted by atomic mass is 10.1. The van der Waals surface area contributed by atoms with Crippen LogP contribution in [0.3, 0.4) is 0 Å². The van der Waals surface area contributed by atoms with E-state index in [0.717, 1.165) is 42.1 Å². The average Bonchev–Trinajstić information content (AvgIpc) is 2.57. The van der Waals surface area contributed by atoms with Crippen molar-refractivity contribution in [2.24, 2.45) is 0 Å². The number of unbranched alkanes of at least 4 members (excludes halogenated alkanes) is 3. The third-order valence-electron chi connectivity index (χ3n) is 3.80. The molecule has 0 saturated heterocycles. The molecular formula is C19H23NO3. The number of fused-ring (bicyclic) bond motifs is 1. The molecule has 0 spiro atoms. The van der Waals surface area contributed by atoms with Gasteiger partial charge in [-0.25, -0.2) is 0 Å². The second-order valence-electron chi connectivity index (χ2n) is 5.60. The number of rotatable bonds is 8. The van der Waals surface area contributed by atoms with E-state index in [-0.39, 0.29) is 11.9 Å². The molecule has 0 radical (unpaired) electrons. The highest BCUT2D eigenvalue weighted by atomic mass is 16.5. The van der Waals surface area contributed by atoms with Crippen molar-refractivity contribution in [2.45, 2.75) is 38.5 Å². The van der Waals surface area contributed by atoms with Crippen LogP contribution in [0, 0.1) is 0 Å². The zero-order valence-corrected chi connectivity index (χ0v) is 13.5. The predicted molar refractivity (Wildman–Crippen MR) is 92.3 cm³/mol. The Morgan fingerprint density at radius 2 is 1.61 bits per heavy atom. The number of anilines is 1. The Morgan fingerprint density at radius 1 is 0.913 bits per heavy atom. The van der Waals surface area contributed by atoms with Gasteiger partial charge in [-0.1, -0.05) is 43.2 Å². The Kier molecular flexibility index (Phi) is 6.60. The number of hydrogen-bond donors (Lipinski definition) is 1. The van der Waals surface area contributed by atoms with Gasteiger partial charge in [0.2, 0.25) is 5.91 Å². The molecular weight excluding hydrogens is 290 g/mol. The van der Waals surface area contributed by atoms with Crippen LogP contribution in [0.1, 0.15) is 38.5 Å². The van der Waals surface area contributed by atoms with Crippen LogP contribution in [0.2, 0.25) is 0 Å². The average molecular weight is 313 g/mol. The molecule has 0 unspecified atom stereocenters. The molecule has 2 rings (SSSR count). The van der Waals surface area contributed by atoms with Crippen LogP contribution in [-0.4, -0.2) is 19.0 Å². The summed E-state index contributed by atoms with van der Waals surface area (Å²) in [5.41, 5.74) is 0.833. The van der Waals surface area contributed by atoms with Gasteiger partial charge in [0.1, 0.15) is 0 Å². The summed E-state index contributed by atoms with van der Waals surface area (Å²) in [6.07, 6.45) is 4.50. The summed E-state index contributed by atoms with van der Waals surface area (Å²) < 4.78 is 4.59. The largest absolute Gasteiger partial charge is 0.469 e. The standard InChI is InChI=1S/C19H23NO3/c1-23-19(22)11-5-3-2-4-10-18(21)20-17-13-12-15-8-6-7-9-16(15)14-17/h6-9,12-14H,2-5,10-11H2,1H3,(H,20,21). The Morgan fingerprint density at radius 3 is 2.35 bits per heavy atom. The van der Waals surface area contributed by atoms with Crippen LogP contribution >= 0.6 is 0 Å². The highest BCUT2D eigenvalue weighted by Crippen LogP contribution is 2.19. The molecule has 4 nitrogen and oxygen atoms in total. The lowest BCUT2D eigenvalue weighted by molar-refractivity contribution is -0.140. The van der Waals surface area contributed by atoms with Crippen molar-refractivity contribution in [3.63, 3.8) is 0 Å². The minimum absolute atomic E-state index is 0.0354. The summed E-state index contributed by atoms with van der Waals surface area (Å²) in [7, 11) is 1.40. The fourth-order valence-corrected chi connectivity index (χ4v) is 2.50. The summed E-state index contributed by atoms with van der Waals surface area (Å²) in [4.78, 5) is 22.9. The van der Waals surface area contributed by atoms with Crippen molar-refractivity contribution in [3.05, 3.63) is 42.5 Å². The van der Waals surface area contributed by atoms with E-state index < -0.39 is 0 Å². The molecule has 23 heavy (non-hydrogen) atoms. The number of carbonyl (C=O) groups excluding carboxylic acids is 2. The van der Waals surface area contributed by atoms with Gasteiger partial charge in [0.05, 0.1) is 7.11 Å². The van der Waals surface area contributed by atoms with Crippen molar-refractivity contribution >= 4 is 28.3 Å². The fraction of sp³-hybridized carbons (Fsp3) is 0.368. The molecule has 2 aromatic rings. The van der Waals surface area contributed by atoms with Crippen molar-refractivity contribution in [1.29, 1.82) is 0 Å². The smallest absolute Gasteiger partial charge is 0.305 e. The van der Waals surface area contributed by atoms with Crippen molar-refractivity contribution in [2.75, 3.05) is 12.4 Å². The van der Waals surface area contributed by atoms with Crippen molar-refractivity contribution in [3.8, 4) is 0 Å². The van der Waals surface area contributed by atoms with Crippen LogP contribution in [-0.2, 0) is 14.3 Å². The highest BCUT2D eigenvalue weighted by Gasteiger charge is 2.04. The first-order valence-electron chi connectivity index (χ1n) is 8.04. The van der Waals surface area contributed by atoms with E-state index in [0.29, 0.717) is 12.8 Å². The number of amides is 1. The zero-order chi connectivity index (χ0) is 16.5. The normalized spacial score (nSPS) is 10.5. The van der Waals surface area contributed by atoms with Crippen LogP contribution < -0.4 is 5.32 Å². The maximum absolute atomic E-state index is 12.0. The summed E-state index contributed by atoms with van der Waals surface area (Å²) in [6.45, 7) is 0. The molecule has 0 saturated carbocycles. The van der Waals surface area contributed by atoms with Crippen LogP contribution in [0.5, 0.6) is 0 Å². The van der Waals surface area contributed by atoms with E-state index >= 15 is 0 Å². The summed E-state index contributed by atoms with van der Waals surface area (Å²) in [5, 5.41) is 5.22. The Balaban J connectivity index is 1.68. The van der Waals surface area contributed by atoms with Gasteiger partial charge in [-0.2, -0.15) is 0 Å². The molecule has 0 aliphatic heterocycles. The molecule has 0 aliphatic rings. The maximum Gasteiger partial charge on any atom is 0.305 e. The third-order valence-corrected chi connectivity index (χ3v) is 3.80. The SMILES string of the molecule is COC(=O)CCCCCCC(=O)Nc1ccc2ccccc2c1. The van der Waals surface area contributed by atoms with Gasteiger partial charge in [-0.3, -0.25) is 9.59 Å². The van der Waals surface area contributed by atoms with Gasteiger partial charge in [-0.15, -0.1) is 0 Å². The van der Waals surface area contributed by atoms with Gasteiger partial charge in [-0.05, 0) is 35.7 Å². The minimum Gasteiger partial charge on any atom is -0.469 e. The monoisotopic (exact) mass is 313 g/mol. The van der Waals surface area contributed by atoms with Gasteiger partial charge in [0.15, 0.2) is 0 Å². The van der Waals surface area contributed by atoms with E-state index in [1.54, 1.807) is 0 Å². The van der Waals surface area contributed by atoms with Gasteiger partial charge >= 0.3 is 5.97 Å². The van der Waals surface area contributed by atoms with E-state index in [4.69, 9.17) is 0 Å². The van der Waals surface area contributed by atoms with Gasteiger partial charge in [0.25, 0.3) is 0 Å². The minimum atomic E-state index is -0.168. The molecule has 0 bridgehead atoms. The first-order chi connectivity index (χ1) is 11.2. The molecule has 0 aromatic heterocycles. The number of hydrogen-bond acceptors (Lipinski definition) is 3. The fourth-order valence-electron chi connectivity index (χ4n) is 2.50. The summed E-state index contributed by atoms with van der Waals surface area (Å²) >= 11 is 0. The predicted octanol–water partition coefficient (Wildman–Crippen LogP) is 4.29. The van der Waals surface area contributed by atoms with Gasteiger partial charge in [0, 0.05) is 18.5 Å². The second-order valence-corrected chi connectivity index (χ2v) is 5.60. The van der Waals surface area contributed by atoms with Crippen molar-refractivity contribution < 1.29 is 14.3 Å². The number of esters is 1. The molecule has 1 amide bonds. The quantitative estimate of drug-likeness (QED) is 0.584. The van der Waals surface area contributed by atoms with E-state index in [1.807, 2.05) is 36.4 Å². The second kappa shape index (κ2) is 8.93. The molecule has 1 N–H and O–H groups in total. The van der Waals surface area contributed by atoms with E-state index in [9.17, 15) is 9.59 Å². The number of carbonyl (C=O) groups is 2. The van der Waals surface area contributed by atoms with E-state index in [2.05, 4.69) is 16.1 Å². The molecule has 2 aromatic carbocycles. The highest BCUT2D eigenvalue weighted by molar-refractivity contribution is 5.94. The van der Waals surface area contributed by atoms with Gasteiger partial charge < -0.3 is 10.1 Å². The maximum atomic E-state index is 12.0. The van der Waals surface area contributed by atoms with Crippen LogP contribution in [0.15, 0.2) is 42.5 Å². The number of nitrogens with one attached hydrogen (secondary N) is 1. The number of benzene rings is 2. The Bertz CT molecular complexity index is 666. The third kappa shape index (κ3) is 5.74. The number of ether oxygens (including phenoxy) is 1. The first-order valence-corrected chi connectivity index (χ1v) is 8.04. The first kappa shape index (κ1) is 17.0. The Labute approximate surface area is 136 Å². The molecule has 0 heterocycles. The lowest BCUT2D eigenvalue weighted by Gasteiger charge is -2.07. The zero-order valence-electron chi connectivity index (χ0n) is 13.5. The van der Waals surface area contributed by atoms with E-state index in [1.165, 1.54) is 7.11 Å². The molecule has 0 aliphatic carbocycles. The molecule has 122 valence electrons. The topological polar surface area (TPSA) is 55.4 Å². The molecule has 0 fully saturated rings. The lowest BCUT2D eigenvalue weighted by Crippen LogP contribution is -2.10.